The molecule has 0 aromatic rings. The molecule has 1 aliphatic carbocycles. The molecule has 1 rings (SSSR count). The molecule has 1 saturated carbocycles. The molecule has 5 heteroatoms. The normalized spacial score (nSPS) is 21.1. The van der Waals surface area contributed by atoms with E-state index in [2.05, 4.69) is 41.2 Å². The van der Waals surface area contributed by atoms with Crippen molar-refractivity contribution >= 4 is 32.6 Å². The van der Waals surface area contributed by atoms with Gasteiger partial charge in [0.15, 0.2) is 0 Å². The van der Waals surface area contributed by atoms with Crippen molar-refractivity contribution in [2.45, 2.75) is 50.8 Å². The van der Waals surface area contributed by atoms with Crippen LogP contribution in [0.2, 0.25) is 0 Å². The van der Waals surface area contributed by atoms with Gasteiger partial charge in [0.05, 0.1) is 5.25 Å². The molecule has 1 aliphatic rings. The van der Waals surface area contributed by atoms with Crippen molar-refractivity contribution in [3.63, 3.8) is 0 Å². The van der Waals surface area contributed by atoms with E-state index >= 15 is 0 Å². The lowest BCUT2D eigenvalue weighted by molar-refractivity contribution is 0.480. The summed E-state index contributed by atoms with van der Waals surface area (Å²) in [6.07, 6.45) is 3.78. The zero-order chi connectivity index (χ0) is 11.5. The Kier molecular flexibility index (Phi) is 5.31. The molecule has 1 N–H and O–H groups in total. The molecular formula is C10H20INO2S. The summed E-state index contributed by atoms with van der Waals surface area (Å²) in [7, 11) is -3.07. The van der Waals surface area contributed by atoms with Crippen LogP contribution in [0.5, 0.6) is 0 Å². The third-order valence-corrected chi connectivity index (χ3v) is 5.96. The summed E-state index contributed by atoms with van der Waals surface area (Å²) in [5.41, 5.74) is 0. The highest BCUT2D eigenvalue weighted by atomic mass is 127. The second kappa shape index (κ2) is 5.82. The monoisotopic (exact) mass is 345 g/mol. The van der Waals surface area contributed by atoms with Gasteiger partial charge < -0.3 is 0 Å². The molecule has 0 bridgehead atoms. The lowest BCUT2D eigenvalue weighted by Crippen LogP contribution is -2.43. The number of nitrogens with one attached hydrogen (secondary N) is 1. The van der Waals surface area contributed by atoms with Crippen molar-refractivity contribution in [2.24, 2.45) is 5.92 Å². The Morgan fingerprint density at radius 2 is 1.87 bits per heavy atom. The highest BCUT2D eigenvalue weighted by Crippen LogP contribution is 2.24. The van der Waals surface area contributed by atoms with Crippen LogP contribution in [0.25, 0.3) is 0 Å². The first-order valence-corrected chi connectivity index (χ1v) is 8.61. The van der Waals surface area contributed by atoms with Crippen LogP contribution < -0.4 is 4.72 Å². The van der Waals surface area contributed by atoms with E-state index in [-0.39, 0.29) is 11.3 Å². The summed E-state index contributed by atoms with van der Waals surface area (Å²) in [5.74, 6) is 0.359. The highest BCUT2D eigenvalue weighted by molar-refractivity contribution is 14.1. The summed E-state index contributed by atoms with van der Waals surface area (Å²) in [5, 5.41) is -0.137. The van der Waals surface area contributed by atoms with E-state index in [0.717, 1.165) is 30.1 Å². The molecule has 0 saturated heterocycles. The Morgan fingerprint density at radius 1 is 1.33 bits per heavy atom. The second-order valence-corrected chi connectivity index (χ2v) is 7.45. The van der Waals surface area contributed by atoms with Gasteiger partial charge in [-0.2, -0.15) is 0 Å². The van der Waals surface area contributed by atoms with Gasteiger partial charge in [-0.3, -0.25) is 0 Å². The lowest BCUT2D eigenvalue weighted by atomic mass is 10.1. The fraction of sp³-hybridized carbons (Fsp3) is 1.00. The van der Waals surface area contributed by atoms with Crippen molar-refractivity contribution in [1.29, 1.82) is 0 Å². The molecule has 1 fully saturated rings. The third-order valence-electron chi connectivity index (χ3n) is 3.03. The SMILES string of the molecule is CC(C)C(CI)NS(=O)(=O)C1CCCC1. The fourth-order valence-corrected chi connectivity index (χ4v) is 5.31. The Hall–Kier alpha value is 0.640. The van der Waals surface area contributed by atoms with Gasteiger partial charge in [-0.05, 0) is 18.8 Å². The molecule has 90 valence electrons. The number of hydrogen-bond acceptors (Lipinski definition) is 2. The molecule has 0 aromatic heterocycles. The first kappa shape index (κ1) is 13.7. The van der Waals surface area contributed by atoms with Crippen molar-refractivity contribution in [3.05, 3.63) is 0 Å². The molecule has 1 atom stereocenters. The smallest absolute Gasteiger partial charge is 0.212 e. The number of alkyl halides is 1. The van der Waals surface area contributed by atoms with Gasteiger partial charge in [0.25, 0.3) is 0 Å². The summed E-state index contributed by atoms with van der Waals surface area (Å²) in [6.45, 7) is 4.11. The van der Waals surface area contributed by atoms with E-state index in [1.54, 1.807) is 0 Å². The minimum Gasteiger partial charge on any atom is -0.212 e. The predicted molar refractivity (Wildman–Crippen MR) is 71.8 cm³/mol. The van der Waals surface area contributed by atoms with E-state index < -0.39 is 10.0 Å². The second-order valence-electron chi connectivity index (χ2n) is 4.57. The van der Waals surface area contributed by atoms with Gasteiger partial charge in [-0.25, -0.2) is 13.1 Å². The maximum absolute atomic E-state index is 12.0. The van der Waals surface area contributed by atoms with Gasteiger partial charge in [0, 0.05) is 10.5 Å². The zero-order valence-corrected chi connectivity index (χ0v) is 12.3. The molecule has 0 aliphatic heterocycles. The topological polar surface area (TPSA) is 46.2 Å². The largest absolute Gasteiger partial charge is 0.214 e. The Bertz CT molecular complexity index is 284. The number of rotatable bonds is 5. The van der Waals surface area contributed by atoms with Crippen LogP contribution in [0.3, 0.4) is 0 Å². The fourth-order valence-electron chi connectivity index (χ4n) is 1.85. The average Bonchev–Trinajstić information content (AvgIpc) is 2.67. The van der Waals surface area contributed by atoms with Crippen LogP contribution in [0, 0.1) is 5.92 Å². The van der Waals surface area contributed by atoms with Crippen molar-refractivity contribution in [2.75, 3.05) is 4.43 Å². The van der Waals surface area contributed by atoms with Crippen molar-refractivity contribution in [3.8, 4) is 0 Å². The Labute approximate surface area is 107 Å². The molecular weight excluding hydrogens is 325 g/mol. The molecule has 0 spiro atoms. The minimum atomic E-state index is -3.07. The van der Waals surface area contributed by atoms with E-state index in [9.17, 15) is 8.42 Å². The molecule has 0 radical (unpaired) electrons. The lowest BCUT2D eigenvalue weighted by Gasteiger charge is -2.22. The van der Waals surface area contributed by atoms with Crippen molar-refractivity contribution in [1.82, 2.24) is 4.72 Å². The molecule has 0 aromatic carbocycles. The van der Waals surface area contributed by atoms with Crippen LogP contribution in [-0.4, -0.2) is 24.1 Å². The van der Waals surface area contributed by atoms with E-state index in [1.807, 2.05) is 0 Å². The molecule has 0 heterocycles. The number of sulfonamides is 1. The summed E-state index contributed by atoms with van der Waals surface area (Å²) in [4.78, 5) is 0. The first-order valence-electron chi connectivity index (χ1n) is 5.54. The minimum absolute atomic E-state index is 0.0798. The summed E-state index contributed by atoms with van der Waals surface area (Å²) < 4.78 is 27.7. The van der Waals surface area contributed by atoms with Crippen LogP contribution >= 0.6 is 22.6 Å². The summed E-state index contributed by atoms with van der Waals surface area (Å²) in [6, 6.07) is 0.0798. The van der Waals surface area contributed by atoms with Crippen molar-refractivity contribution < 1.29 is 8.42 Å². The van der Waals surface area contributed by atoms with Crippen LogP contribution in [-0.2, 0) is 10.0 Å². The molecule has 0 amide bonds. The van der Waals surface area contributed by atoms with Crippen LogP contribution in [0.1, 0.15) is 39.5 Å². The van der Waals surface area contributed by atoms with E-state index in [1.165, 1.54) is 0 Å². The molecule has 1 unspecified atom stereocenters. The molecule has 3 nitrogen and oxygen atoms in total. The molecule has 15 heavy (non-hydrogen) atoms. The van der Waals surface area contributed by atoms with Gasteiger partial charge in [0.2, 0.25) is 10.0 Å². The number of halogens is 1. The zero-order valence-electron chi connectivity index (χ0n) is 9.37. The Morgan fingerprint density at radius 3 is 2.27 bits per heavy atom. The quantitative estimate of drug-likeness (QED) is 0.614. The van der Waals surface area contributed by atoms with Crippen LogP contribution in [0.15, 0.2) is 0 Å². The van der Waals surface area contributed by atoms with E-state index in [0.29, 0.717) is 5.92 Å². The Balaban J connectivity index is 2.61. The van der Waals surface area contributed by atoms with Gasteiger partial charge in [-0.1, -0.05) is 49.3 Å². The maximum atomic E-state index is 12.0. The average molecular weight is 345 g/mol. The third kappa shape index (κ3) is 3.85. The van der Waals surface area contributed by atoms with E-state index in [4.69, 9.17) is 0 Å². The standard InChI is InChI=1S/C10H20INO2S/c1-8(2)10(7-11)12-15(13,14)9-5-3-4-6-9/h8-10,12H,3-7H2,1-2H3. The van der Waals surface area contributed by atoms with Crippen LogP contribution in [0.4, 0.5) is 0 Å². The number of hydrogen-bond donors (Lipinski definition) is 1. The van der Waals surface area contributed by atoms with Gasteiger partial charge in [-0.15, -0.1) is 0 Å². The summed E-state index contributed by atoms with van der Waals surface area (Å²) >= 11 is 2.24. The van der Waals surface area contributed by atoms with Gasteiger partial charge >= 0.3 is 0 Å². The first-order chi connectivity index (χ1) is 6.97. The highest BCUT2D eigenvalue weighted by Gasteiger charge is 2.30. The maximum Gasteiger partial charge on any atom is 0.214 e. The van der Waals surface area contributed by atoms with Gasteiger partial charge in [0.1, 0.15) is 0 Å². The predicted octanol–water partition coefficient (Wildman–Crippen LogP) is 2.31.